The molecule has 3 aromatic carbocycles. The quantitative estimate of drug-likeness (QED) is 0.535. The Hall–Kier alpha value is -1.64. The van der Waals surface area contributed by atoms with Crippen molar-refractivity contribution in [1.82, 2.24) is 0 Å². The minimum absolute atomic E-state index is 1.00. The summed E-state index contributed by atoms with van der Waals surface area (Å²) in [5, 5.41) is 0. The van der Waals surface area contributed by atoms with Gasteiger partial charge < -0.3 is 0 Å². The highest BCUT2D eigenvalue weighted by Crippen LogP contribution is 2.20. The molecule has 0 amide bonds. The molecule has 0 aliphatic rings. The van der Waals surface area contributed by atoms with Crippen molar-refractivity contribution >= 4 is 25.3 Å². The van der Waals surface area contributed by atoms with E-state index >= 15 is 0 Å². The van der Waals surface area contributed by atoms with Crippen LogP contribution in [0.25, 0.3) is 11.1 Å². The molecular weight excluding hydrogens is 280 g/mol. The number of hydrogen-bond acceptors (Lipinski definition) is 2. The molecule has 0 bridgehead atoms. The summed E-state index contributed by atoms with van der Waals surface area (Å²) >= 11 is 8.39. The van der Waals surface area contributed by atoms with Gasteiger partial charge in [-0.15, -0.1) is 25.3 Å². The third kappa shape index (κ3) is 4.80. The molecule has 0 fully saturated rings. The van der Waals surface area contributed by atoms with Gasteiger partial charge in [0.2, 0.25) is 0 Å². The summed E-state index contributed by atoms with van der Waals surface area (Å²) in [7, 11) is 0. The van der Waals surface area contributed by atoms with E-state index < -0.39 is 0 Å². The van der Waals surface area contributed by atoms with E-state index in [4.69, 9.17) is 0 Å². The highest BCUT2D eigenvalue weighted by Gasteiger charge is 1.95. The Labute approximate surface area is 131 Å². The first-order valence-electron chi connectivity index (χ1n) is 6.34. The highest BCUT2D eigenvalue weighted by atomic mass is 32.1. The van der Waals surface area contributed by atoms with E-state index in [9.17, 15) is 0 Å². The predicted molar refractivity (Wildman–Crippen MR) is 92.8 cm³/mol. The lowest BCUT2D eigenvalue weighted by Crippen LogP contribution is -1.75. The van der Waals surface area contributed by atoms with Crippen LogP contribution in [-0.2, 0) is 0 Å². The Balaban J connectivity index is 0.000000178. The standard InChI is InChI=1S/C12H10S.C6H6S/c13-12-8-4-7-11(9-12)10-5-2-1-3-6-10;7-6-4-2-1-3-5-6/h1-9,13H;1-5,7H. The van der Waals surface area contributed by atoms with Gasteiger partial charge in [-0.2, -0.15) is 0 Å². The fourth-order valence-corrected chi connectivity index (χ4v) is 2.14. The molecular formula is C18H16S2. The van der Waals surface area contributed by atoms with Gasteiger partial charge in [-0.25, -0.2) is 0 Å². The summed E-state index contributed by atoms with van der Waals surface area (Å²) in [4.78, 5) is 2.02. The Bertz CT molecular complexity index is 634. The van der Waals surface area contributed by atoms with Crippen molar-refractivity contribution < 1.29 is 0 Å². The van der Waals surface area contributed by atoms with Crippen LogP contribution >= 0.6 is 25.3 Å². The maximum atomic E-state index is 4.30. The Morgan fingerprint density at radius 3 is 1.45 bits per heavy atom. The third-order valence-corrected chi connectivity index (χ3v) is 3.29. The van der Waals surface area contributed by atoms with Gasteiger partial charge in [-0.1, -0.05) is 60.7 Å². The molecule has 3 aromatic rings. The molecule has 0 aliphatic carbocycles. The van der Waals surface area contributed by atoms with Crippen LogP contribution in [0, 0.1) is 0 Å². The van der Waals surface area contributed by atoms with Crippen LogP contribution < -0.4 is 0 Å². The summed E-state index contributed by atoms with van der Waals surface area (Å²) in [6.45, 7) is 0. The average molecular weight is 296 g/mol. The second-order valence-electron chi connectivity index (χ2n) is 4.25. The van der Waals surface area contributed by atoms with Gasteiger partial charge in [-0.05, 0) is 35.4 Å². The van der Waals surface area contributed by atoms with Crippen LogP contribution in [0.5, 0.6) is 0 Å². The Kier molecular flexibility index (Phi) is 5.78. The number of rotatable bonds is 1. The monoisotopic (exact) mass is 296 g/mol. The summed E-state index contributed by atoms with van der Waals surface area (Å²) in [5.74, 6) is 0. The summed E-state index contributed by atoms with van der Waals surface area (Å²) in [6, 6.07) is 28.3. The molecule has 3 rings (SSSR count). The molecule has 0 aliphatic heterocycles. The summed E-state index contributed by atoms with van der Waals surface area (Å²) in [6.07, 6.45) is 0. The largest absolute Gasteiger partial charge is 0.143 e. The van der Waals surface area contributed by atoms with Gasteiger partial charge in [0, 0.05) is 9.79 Å². The smallest absolute Gasteiger partial charge is 0.00461 e. The van der Waals surface area contributed by atoms with Crippen molar-refractivity contribution in [3.8, 4) is 11.1 Å². The van der Waals surface area contributed by atoms with Crippen LogP contribution in [0.3, 0.4) is 0 Å². The van der Waals surface area contributed by atoms with Gasteiger partial charge in [0.25, 0.3) is 0 Å². The van der Waals surface area contributed by atoms with Crippen LogP contribution in [-0.4, -0.2) is 0 Å². The molecule has 0 radical (unpaired) electrons. The zero-order valence-corrected chi connectivity index (χ0v) is 12.8. The Morgan fingerprint density at radius 1 is 0.450 bits per heavy atom. The van der Waals surface area contributed by atoms with Crippen molar-refractivity contribution in [2.24, 2.45) is 0 Å². The Morgan fingerprint density at radius 2 is 0.950 bits per heavy atom. The van der Waals surface area contributed by atoms with Crippen LogP contribution in [0.4, 0.5) is 0 Å². The molecule has 0 N–H and O–H groups in total. The molecule has 0 saturated carbocycles. The molecule has 2 heteroatoms. The van der Waals surface area contributed by atoms with Crippen LogP contribution in [0.1, 0.15) is 0 Å². The van der Waals surface area contributed by atoms with Crippen LogP contribution in [0.15, 0.2) is 94.7 Å². The molecule has 0 nitrogen and oxygen atoms in total. The lowest BCUT2D eigenvalue weighted by atomic mass is 10.1. The second kappa shape index (κ2) is 7.83. The van der Waals surface area contributed by atoms with Gasteiger partial charge >= 0.3 is 0 Å². The van der Waals surface area contributed by atoms with Crippen molar-refractivity contribution in [2.75, 3.05) is 0 Å². The minimum atomic E-state index is 1.00. The molecule has 0 spiro atoms. The lowest BCUT2D eigenvalue weighted by Gasteiger charge is -2.01. The minimum Gasteiger partial charge on any atom is -0.143 e. The van der Waals surface area contributed by atoms with Gasteiger partial charge in [0.15, 0.2) is 0 Å². The van der Waals surface area contributed by atoms with E-state index in [2.05, 4.69) is 49.5 Å². The summed E-state index contributed by atoms with van der Waals surface area (Å²) < 4.78 is 0. The van der Waals surface area contributed by atoms with E-state index in [0.29, 0.717) is 0 Å². The lowest BCUT2D eigenvalue weighted by molar-refractivity contribution is 1.47. The average Bonchev–Trinajstić information content (AvgIpc) is 2.50. The van der Waals surface area contributed by atoms with Crippen molar-refractivity contribution in [1.29, 1.82) is 0 Å². The molecule has 20 heavy (non-hydrogen) atoms. The van der Waals surface area contributed by atoms with Gasteiger partial charge in [0.1, 0.15) is 0 Å². The maximum absolute atomic E-state index is 4.30. The zero-order valence-electron chi connectivity index (χ0n) is 11.0. The zero-order chi connectivity index (χ0) is 14.2. The maximum Gasteiger partial charge on any atom is 0.00461 e. The van der Waals surface area contributed by atoms with E-state index in [1.165, 1.54) is 11.1 Å². The SMILES string of the molecule is Sc1cccc(-c2ccccc2)c1.Sc1ccccc1. The van der Waals surface area contributed by atoms with E-state index in [1.807, 2.05) is 60.7 Å². The van der Waals surface area contributed by atoms with Gasteiger partial charge in [0.05, 0.1) is 0 Å². The molecule has 0 unspecified atom stereocenters. The molecule has 100 valence electrons. The van der Waals surface area contributed by atoms with Crippen molar-refractivity contribution in [2.45, 2.75) is 9.79 Å². The normalized spacial score (nSPS) is 9.50. The van der Waals surface area contributed by atoms with E-state index in [-0.39, 0.29) is 0 Å². The molecule has 0 aromatic heterocycles. The fourth-order valence-electron chi connectivity index (χ4n) is 1.74. The highest BCUT2D eigenvalue weighted by molar-refractivity contribution is 7.80. The fraction of sp³-hybridized carbons (Fsp3) is 0. The van der Waals surface area contributed by atoms with Crippen LogP contribution in [0.2, 0.25) is 0 Å². The topological polar surface area (TPSA) is 0 Å². The molecule has 0 atom stereocenters. The first-order chi connectivity index (χ1) is 9.75. The van der Waals surface area contributed by atoms with Crippen molar-refractivity contribution in [3.05, 3.63) is 84.9 Å². The first-order valence-corrected chi connectivity index (χ1v) is 7.23. The molecule has 0 heterocycles. The molecule has 0 saturated heterocycles. The third-order valence-electron chi connectivity index (χ3n) is 2.71. The number of hydrogen-bond donors (Lipinski definition) is 2. The van der Waals surface area contributed by atoms with E-state index in [1.54, 1.807) is 0 Å². The van der Waals surface area contributed by atoms with Crippen molar-refractivity contribution in [3.63, 3.8) is 0 Å². The first kappa shape index (κ1) is 14.8. The summed E-state index contributed by atoms with van der Waals surface area (Å²) in [5.41, 5.74) is 2.45. The number of thiol groups is 2. The second-order valence-corrected chi connectivity index (χ2v) is 5.28. The van der Waals surface area contributed by atoms with E-state index in [0.717, 1.165) is 9.79 Å². The predicted octanol–water partition coefficient (Wildman–Crippen LogP) is 5.62. The van der Waals surface area contributed by atoms with Gasteiger partial charge in [-0.3, -0.25) is 0 Å². The number of benzene rings is 3.